The molecule has 0 aliphatic carbocycles. The van der Waals surface area contributed by atoms with Crippen LogP contribution in [-0.4, -0.2) is 29.1 Å². The Morgan fingerprint density at radius 3 is 2.65 bits per heavy atom. The fraction of sp³-hybridized carbons (Fsp3) is 0.176. The minimum atomic E-state index is -0.833. The van der Waals surface area contributed by atoms with Gasteiger partial charge in [0, 0.05) is 25.2 Å². The predicted octanol–water partition coefficient (Wildman–Crippen LogP) is 2.33. The van der Waals surface area contributed by atoms with Gasteiger partial charge in [-0.05, 0) is 24.3 Å². The lowest BCUT2D eigenvalue weighted by atomic mass is 10.2. The SMILES string of the molecule is CC(=O)O.COc1cccc(F)c1CNC(=N)Nc1ccc(C#N)cn1. The molecule has 0 saturated carbocycles. The summed E-state index contributed by atoms with van der Waals surface area (Å²) in [6.45, 7) is 1.18. The van der Waals surface area contributed by atoms with Crippen LogP contribution in [0.4, 0.5) is 10.2 Å². The Bertz CT molecular complexity index is 799. The molecule has 1 heterocycles. The van der Waals surface area contributed by atoms with Crippen LogP contribution in [0.3, 0.4) is 0 Å². The molecule has 9 heteroatoms. The molecule has 0 fully saturated rings. The van der Waals surface area contributed by atoms with E-state index < -0.39 is 11.8 Å². The molecule has 1 aromatic carbocycles. The van der Waals surface area contributed by atoms with Crippen molar-refractivity contribution < 1.29 is 19.0 Å². The van der Waals surface area contributed by atoms with Gasteiger partial charge in [0.25, 0.3) is 5.97 Å². The number of methoxy groups -OCH3 is 1. The van der Waals surface area contributed by atoms with E-state index in [-0.39, 0.29) is 12.5 Å². The summed E-state index contributed by atoms with van der Waals surface area (Å²) in [5.74, 6) is -0.451. The molecule has 2 aromatic rings. The summed E-state index contributed by atoms with van der Waals surface area (Å²) in [4.78, 5) is 13.0. The van der Waals surface area contributed by atoms with E-state index >= 15 is 0 Å². The number of rotatable bonds is 4. The number of guanidine groups is 1. The molecule has 8 nitrogen and oxygen atoms in total. The maximum absolute atomic E-state index is 13.7. The van der Waals surface area contributed by atoms with Crippen molar-refractivity contribution in [2.75, 3.05) is 12.4 Å². The van der Waals surface area contributed by atoms with Crippen LogP contribution in [0.5, 0.6) is 5.75 Å². The molecule has 136 valence electrons. The number of hydrogen-bond donors (Lipinski definition) is 4. The lowest BCUT2D eigenvalue weighted by Crippen LogP contribution is -2.29. The number of halogens is 1. The maximum atomic E-state index is 13.7. The van der Waals surface area contributed by atoms with E-state index in [4.69, 9.17) is 25.3 Å². The van der Waals surface area contributed by atoms with Crippen LogP contribution in [-0.2, 0) is 11.3 Å². The van der Waals surface area contributed by atoms with Gasteiger partial charge in [0.2, 0.25) is 0 Å². The van der Waals surface area contributed by atoms with Gasteiger partial charge in [0.05, 0.1) is 12.7 Å². The topological polar surface area (TPSA) is 131 Å². The summed E-state index contributed by atoms with van der Waals surface area (Å²) in [5.41, 5.74) is 0.769. The van der Waals surface area contributed by atoms with Crippen LogP contribution in [0.1, 0.15) is 18.1 Å². The summed E-state index contributed by atoms with van der Waals surface area (Å²) in [7, 11) is 1.46. The number of pyridine rings is 1. The summed E-state index contributed by atoms with van der Waals surface area (Å²) in [6.07, 6.45) is 1.40. The van der Waals surface area contributed by atoms with E-state index in [0.717, 1.165) is 6.92 Å². The summed E-state index contributed by atoms with van der Waals surface area (Å²) >= 11 is 0. The fourth-order valence-electron chi connectivity index (χ4n) is 1.78. The Hall–Kier alpha value is -3.67. The molecule has 2 rings (SSSR count). The highest BCUT2D eigenvalue weighted by atomic mass is 19.1. The number of carboxylic acid groups (broad SMARTS) is 1. The number of hydrogen-bond acceptors (Lipinski definition) is 5. The van der Waals surface area contributed by atoms with Gasteiger partial charge in [-0.2, -0.15) is 5.26 Å². The Labute approximate surface area is 149 Å². The van der Waals surface area contributed by atoms with E-state index in [0.29, 0.717) is 22.7 Å². The highest BCUT2D eigenvalue weighted by Crippen LogP contribution is 2.20. The Kier molecular flexibility index (Phi) is 8.03. The number of carbonyl (C=O) groups is 1. The third-order valence-corrected chi connectivity index (χ3v) is 2.88. The minimum Gasteiger partial charge on any atom is -0.496 e. The average molecular weight is 359 g/mol. The number of benzene rings is 1. The zero-order valence-corrected chi connectivity index (χ0v) is 14.2. The van der Waals surface area contributed by atoms with Gasteiger partial charge >= 0.3 is 0 Å². The molecule has 0 saturated heterocycles. The second-order valence-electron chi connectivity index (χ2n) is 4.84. The summed E-state index contributed by atoms with van der Waals surface area (Å²) in [6, 6.07) is 9.67. The molecule has 0 aliphatic rings. The average Bonchev–Trinajstić information content (AvgIpc) is 2.60. The first-order valence-electron chi connectivity index (χ1n) is 7.33. The van der Waals surface area contributed by atoms with Gasteiger partial charge in [-0.15, -0.1) is 0 Å². The number of nitrogens with one attached hydrogen (secondary N) is 3. The van der Waals surface area contributed by atoms with Gasteiger partial charge < -0.3 is 20.5 Å². The first-order valence-corrected chi connectivity index (χ1v) is 7.33. The number of nitrogens with zero attached hydrogens (tertiary/aromatic N) is 2. The van der Waals surface area contributed by atoms with Gasteiger partial charge in [-0.3, -0.25) is 10.2 Å². The fourth-order valence-corrected chi connectivity index (χ4v) is 1.78. The van der Waals surface area contributed by atoms with Crippen LogP contribution < -0.4 is 15.4 Å². The zero-order chi connectivity index (χ0) is 19.5. The molecule has 4 N–H and O–H groups in total. The molecule has 0 unspecified atom stereocenters. The van der Waals surface area contributed by atoms with Crippen molar-refractivity contribution in [2.24, 2.45) is 0 Å². The molecule has 0 bridgehead atoms. The van der Waals surface area contributed by atoms with E-state index in [1.807, 2.05) is 6.07 Å². The number of carboxylic acids is 1. The Balaban J connectivity index is 0.000000765. The maximum Gasteiger partial charge on any atom is 0.300 e. The second kappa shape index (κ2) is 10.2. The van der Waals surface area contributed by atoms with Crippen LogP contribution in [0.25, 0.3) is 0 Å². The molecular formula is C17H18FN5O3. The largest absolute Gasteiger partial charge is 0.496 e. The Morgan fingerprint density at radius 2 is 2.12 bits per heavy atom. The lowest BCUT2D eigenvalue weighted by molar-refractivity contribution is -0.134. The first kappa shape index (κ1) is 20.4. The minimum absolute atomic E-state index is 0.0393. The third kappa shape index (κ3) is 6.84. The molecule has 0 aliphatic heterocycles. The number of aliphatic carboxylic acids is 1. The lowest BCUT2D eigenvalue weighted by Gasteiger charge is -2.12. The summed E-state index contributed by atoms with van der Waals surface area (Å²) < 4.78 is 18.8. The molecule has 0 amide bonds. The van der Waals surface area contributed by atoms with Crippen LogP contribution >= 0.6 is 0 Å². The van der Waals surface area contributed by atoms with Crippen LogP contribution in [0, 0.1) is 22.6 Å². The molecule has 0 radical (unpaired) electrons. The van der Waals surface area contributed by atoms with Crippen LogP contribution in [0.2, 0.25) is 0 Å². The van der Waals surface area contributed by atoms with Crippen molar-refractivity contribution in [3.05, 3.63) is 53.5 Å². The number of aromatic nitrogens is 1. The van der Waals surface area contributed by atoms with Crippen molar-refractivity contribution in [2.45, 2.75) is 13.5 Å². The van der Waals surface area contributed by atoms with Gasteiger partial charge in [0.15, 0.2) is 5.96 Å². The molecular weight excluding hydrogens is 341 g/mol. The Morgan fingerprint density at radius 1 is 1.42 bits per heavy atom. The molecule has 1 aromatic heterocycles. The monoisotopic (exact) mass is 359 g/mol. The first-order chi connectivity index (χ1) is 12.4. The summed E-state index contributed by atoms with van der Waals surface area (Å²) in [5, 5.41) is 29.3. The predicted molar refractivity (Wildman–Crippen MR) is 93.4 cm³/mol. The van der Waals surface area contributed by atoms with Crippen molar-refractivity contribution in [3.63, 3.8) is 0 Å². The highest BCUT2D eigenvalue weighted by Gasteiger charge is 2.09. The van der Waals surface area contributed by atoms with Crippen molar-refractivity contribution in [3.8, 4) is 11.8 Å². The number of anilines is 1. The van der Waals surface area contributed by atoms with Gasteiger partial charge in [-0.1, -0.05) is 6.07 Å². The van der Waals surface area contributed by atoms with E-state index in [9.17, 15) is 4.39 Å². The van der Waals surface area contributed by atoms with Gasteiger partial charge in [0.1, 0.15) is 23.5 Å². The quantitative estimate of drug-likeness (QED) is 0.486. The number of ether oxygens (including phenoxy) is 1. The van der Waals surface area contributed by atoms with Gasteiger partial charge in [-0.25, -0.2) is 9.37 Å². The second-order valence-corrected chi connectivity index (χ2v) is 4.84. The van der Waals surface area contributed by atoms with E-state index in [1.54, 1.807) is 24.3 Å². The standard InChI is InChI=1S/C15H14FN5O.C2H4O2/c1-22-13-4-2-3-12(16)11(13)9-20-15(18)21-14-6-5-10(7-17)8-19-14;1-2(3)4/h2-6,8H,9H2,1H3,(H3,18,19,20,21);1H3,(H,3,4). The van der Waals surface area contributed by atoms with E-state index in [1.165, 1.54) is 19.4 Å². The normalized spacial score (nSPS) is 9.15. The highest BCUT2D eigenvalue weighted by molar-refractivity contribution is 5.90. The molecule has 0 spiro atoms. The van der Waals surface area contributed by atoms with Crippen LogP contribution in [0.15, 0.2) is 36.5 Å². The molecule has 26 heavy (non-hydrogen) atoms. The van der Waals surface area contributed by atoms with Crippen molar-refractivity contribution >= 4 is 17.7 Å². The van der Waals surface area contributed by atoms with Crippen molar-refractivity contribution in [1.82, 2.24) is 10.3 Å². The zero-order valence-electron chi connectivity index (χ0n) is 14.2. The van der Waals surface area contributed by atoms with Crippen molar-refractivity contribution in [1.29, 1.82) is 10.7 Å². The third-order valence-electron chi connectivity index (χ3n) is 2.88. The smallest absolute Gasteiger partial charge is 0.300 e. The number of nitriles is 1. The molecule has 0 atom stereocenters. The van der Waals surface area contributed by atoms with E-state index in [2.05, 4.69) is 15.6 Å².